The summed E-state index contributed by atoms with van der Waals surface area (Å²) in [6.07, 6.45) is 13.3. The second-order valence-corrected chi connectivity index (χ2v) is 5.25. The van der Waals surface area contributed by atoms with Gasteiger partial charge in [-0.3, -0.25) is 9.11 Å². The molecule has 0 amide bonds. The molecule has 5 nitrogen and oxygen atoms in total. The molecule has 0 spiro atoms. The van der Waals surface area contributed by atoms with Crippen molar-refractivity contribution in [3.8, 4) is 0 Å². The number of hydrogen-bond donors (Lipinski definition) is 3. The van der Waals surface area contributed by atoms with Crippen LogP contribution in [-0.2, 0) is 10.4 Å². The maximum Gasteiger partial charge on any atom is 1.00 e. The molecule has 0 aromatic rings. The van der Waals surface area contributed by atoms with Gasteiger partial charge >= 0.3 is 40.0 Å². The van der Waals surface area contributed by atoms with Crippen molar-refractivity contribution in [2.45, 2.75) is 71.1 Å². The van der Waals surface area contributed by atoms with Gasteiger partial charge in [0.25, 0.3) is 0 Å². The zero-order valence-corrected chi connectivity index (χ0v) is 15.2. The van der Waals surface area contributed by atoms with E-state index in [2.05, 4.69) is 6.92 Å². The first-order valence-corrected chi connectivity index (χ1v) is 8.12. The van der Waals surface area contributed by atoms with E-state index in [9.17, 15) is 0 Å². The van der Waals surface area contributed by atoms with Crippen molar-refractivity contribution in [3.05, 3.63) is 0 Å². The van der Waals surface area contributed by atoms with Crippen LogP contribution in [0.25, 0.3) is 0 Å². The summed E-state index contributed by atoms with van der Waals surface area (Å²) in [5.41, 5.74) is 0. The molecule has 0 unspecified atom stereocenters. The maximum absolute atomic E-state index is 8.74. The molecule has 0 saturated heterocycles. The van der Waals surface area contributed by atoms with E-state index in [0.717, 1.165) is 6.42 Å². The summed E-state index contributed by atoms with van der Waals surface area (Å²) in [5, 5.41) is 8.57. The number of rotatable bonds is 10. The van der Waals surface area contributed by atoms with E-state index < -0.39 is 10.4 Å². The van der Waals surface area contributed by atoms with E-state index in [1.807, 2.05) is 0 Å². The predicted molar refractivity (Wildman–Crippen MR) is 74.2 cm³/mol. The van der Waals surface area contributed by atoms with Crippen molar-refractivity contribution in [2.75, 3.05) is 6.61 Å². The van der Waals surface area contributed by atoms with Gasteiger partial charge in [-0.15, -0.1) is 0 Å². The molecule has 0 aliphatic heterocycles. The molecule has 19 heavy (non-hydrogen) atoms. The van der Waals surface area contributed by atoms with Crippen LogP contribution < -0.4 is 29.6 Å². The first kappa shape index (κ1) is 24.8. The number of unbranched alkanes of at least 4 members (excludes halogenated alkanes) is 9. The summed E-state index contributed by atoms with van der Waals surface area (Å²) in [6, 6.07) is 0. The van der Waals surface area contributed by atoms with E-state index >= 15 is 0 Å². The normalized spacial score (nSPS) is 10.3. The third-order valence-electron chi connectivity index (χ3n) is 2.51. The smallest absolute Gasteiger partial charge is 1.00 e. The monoisotopic (exact) mass is 308 g/mol. The molecule has 7 heteroatoms. The Morgan fingerprint density at radius 2 is 1.05 bits per heavy atom. The van der Waals surface area contributed by atoms with Gasteiger partial charge in [-0.1, -0.05) is 64.7 Å². The first-order chi connectivity index (χ1) is 8.41. The second kappa shape index (κ2) is 18.8. The summed E-state index contributed by atoms with van der Waals surface area (Å²) >= 11 is 0. The van der Waals surface area contributed by atoms with Gasteiger partial charge in [-0.05, 0) is 6.42 Å². The van der Waals surface area contributed by atoms with Crippen molar-refractivity contribution in [1.29, 1.82) is 0 Å². The number of hydrogen-bond acceptors (Lipinski definition) is 3. The minimum absolute atomic E-state index is 0. The topological polar surface area (TPSA) is 94.8 Å². The standard InChI is InChI=1S/C12H26O.Na.H2O4S.H/c1-2-3-4-5-6-7-8-9-10-11-12-13;;1-5(2,3)4;/h13H,2-12H2,1H3;;(H2,1,2,3,4);/q;+1;;-1. The van der Waals surface area contributed by atoms with Crippen LogP contribution >= 0.6 is 0 Å². The third-order valence-corrected chi connectivity index (χ3v) is 2.51. The van der Waals surface area contributed by atoms with Crippen molar-refractivity contribution in [2.24, 2.45) is 0 Å². The molecule has 0 aromatic heterocycles. The molecule has 0 rings (SSSR count). The molecule has 0 heterocycles. The average molecular weight is 308 g/mol. The minimum Gasteiger partial charge on any atom is -1.00 e. The third kappa shape index (κ3) is 45.5. The Balaban J connectivity index is -0.000000158. The number of aliphatic hydroxyl groups excluding tert-OH is 1. The summed E-state index contributed by atoms with van der Waals surface area (Å²) in [5.74, 6) is 0. The van der Waals surface area contributed by atoms with Crippen LogP contribution in [0, 0.1) is 0 Å². The Kier molecular flexibility index (Phi) is 24.6. The van der Waals surface area contributed by atoms with Crippen LogP contribution in [0.2, 0.25) is 0 Å². The van der Waals surface area contributed by atoms with Crippen LogP contribution in [0.3, 0.4) is 0 Å². The van der Waals surface area contributed by atoms with Gasteiger partial charge in [-0.2, -0.15) is 8.42 Å². The van der Waals surface area contributed by atoms with Gasteiger partial charge in [0.1, 0.15) is 0 Å². The fourth-order valence-electron chi connectivity index (χ4n) is 1.60. The van der Waals surface area contributed by atoms with Gasteiger partial charge in [0.2, 0.25) is 0 Å². The average Bonchev–Trinajstić information content (AvgIpc) is 2.25. The molecule has 3 N–H and O–H groups in total. The minimum atomic E-state index is -4.67. The van der Waals surface area contributed by atoms with Gasteiger partial charge in [0.15, 0.2) is 0 Å². The van der Waals surface area contributed by atoms with Crippen molar-refractivity contribution in [3.63, 3.8) is 0 Å². The molecule has 0 aromatic carbocycles. The molecule has 114 valence electrons. The summed E-state index contributed by atoms with van der Waals surface area (Å²) in [6.45, 7) is 2.63. The zero-order chi connectivity index (χ0) is 14.3. The van der Waals surface area contributed by atoms with Crippen LogP contribution in [0.4, 0.5) is 0 Å². The molecule has 0 radical (unpaired) electrons. The Morgan fingerprint density at radius 3 is 1.32 bits per heavy atom. The Morgan fingerprint density at radius 1 is 0.789 bits per heavy atom. The first-order valence-electron chi connectivity index (χ1n) is 6.72. The van der Waals surface area contributed by atoms with Crippen LogP contribution in [0.5, 0.6) is 0 Å². The number of aliphatic hydroxyl groups is 1. The van der Waals surface area contributed by atoms with Crippen molar-refractivity contribution in [1.82, 2.24) is 0 Å². The summed E-state index contributed by atoms with van der Waals surface area (Å²) < 4.78 is 31.6. The molecule has 0 aliphatic rings. The van der Waals surface area contributed by atoms with Gasteiger partial charge in [0, 0.05) is 6.61 Å². The predicted octanol–water partition coefficient (Wildman–Crippen LogP) is 0.363. The van der Waals surface area contributed by atoms with Crippen LogP contribution in [-0.4, -0.2) is 29.2 Å². The Labute approximate surface area is 141 Å². The van der Waals surface area contributed by atoms with Crippen LogP contribution in [0.1, 0.15) is 72.6 Å². The summed E-state index contributed by atoms with van der Waals surface area (Å²) in [7, 11) is -4.67. The SMILES string of the molecule is CCCCCCCCCCCCO.O=S(=O)(O)O.[H-].[Na+]. The Hall–Kier alpha value is 0.830. The van der Waals surface area contributed by atoms with E-state index in [-0.39, 0.29) is 31.0 Å². The fraction of sp³-hybridized carbons (Fsp3) is 1.00. The molecule has 0 bridgehead atoms. The van der Waals surface area contributed by atoms with E-state index in [1.54, 1.807) is 0 Å². The maximum atomic E-state index is 8.74. The molecule has 0 aliphatic carbocycles. The van der Waals surface area contributed by atoms with Gasteiger partial charge in [0.05, 0.1) is 0 Å². The van der Waals surface area contributed by atoms with E-state index in [1.165, 1.54) is 57.8 Å². The molecule has 0 atom stereocenters. The largest absolute Gasteiger partial charge is 1.00 e. The zero-order valence-electron chi connectivity index (χ0n) is 13.3. The van der Waals surface area contributed by atoms with E-state index in [4.69, 9.17) is 22.6 Å². The van der Waals surface area contributed by atoms with Gasteiger partial charge in [-0.25, -0.2) is 0 Å². The van der Waals surface area contributed by atoms with Crippen molar-refractivity contribution >= 4 is 10.4 Å². The quantitative estimate of drug-likeness (QED) is 0.308. The Bertz CT molecular complexity index is 232. The molecule has 0 fully saturated rings. The fourth-order valence-corrected chi connectivity index (χ4v) is 1.60. The second-order valence-electron chi connectivity index (χ2n) is 4.35. The van der Waals surface area contributed by atoms with Gasteiger partial charge < -0.3 is 6.53 Å². The van der Waals surface area contributed by atoms with Crippen molar-refractivity contribution < 1.29 is 53.6 Å². The summed E-state index contributed by atoms with van der Waals surface area (Å²) in [4.78, 5) is 0. The molecular weight excluding hydrogens is 279 g/mol. The molecular formula is C12H29NaO5S. The van der Waals surface area contributed by atoms with E-state index in [0.29, 0.717) is 6.61 Å². The van der Waals surface area contributed by atoms with Crippen LogP contribution in [0.15, 0.2) is 0 Å². The molecule has 0 saturated carbocycles.